The number of hydrogen-bond acceptors (Lipinski definition) is 17. The minimum atomic E-state index is -1.25. The highest BCUT2D eigenvalue weighted by Crippen LogP contribution is 2.40. The Morgan fingerprint density at radius 3 is 1.92 bits per heavy atom. The van der Waals surface area contributed by atoms with Crippen LogP contribution in [0.3, 0.4) is 0 Å². The number of aryl methyl sites for hydroxylation is 1. The standard InChI is InChI=1S/C52H63N11O11S/c64-42-18-26-62(50(68)57-42)36-8-12-38(13-9-36)72-32-44(66)53-23-5-3-1-2-4-6-28-71-40-30-54-47(55-31-40)35-16-24-61(25-17-35)49-56-41-20-29-75(70)46(41)48(59-49)60-52(21-7-22-52)34-74-45(67)33-73-39-14-10-37(11-15-39)63-27-19-43(65)58-51(63)69/h8-15,30-31,35H,1-7,16-29,32-34H2,(H,53,66)(H,56,59,60)(H,57,64,68)(H,58,65,69)/t75-/m1/s1. The Hall–Kier alpha value is -7.27. The number of hydrogen-bond donors (Lipinski definition) is 4. The third-order valence-corrected chi connectivity index (χ3v) is 15.4. The third-order valence-electron chi connectivity index (χ3n) is 14.0. The van der Waals surface area contributed by atoms with Gasteiger partial charge in [-0.05, 0) is 105 Å². The molecule has 0 unspecified atom stereocenters. The first-order valence-electron chi connectivity index (χ1n) is 25.9. The first kappa shape index (κ1) is 52.6. The number of anilines is 4. The zero-order valence-electron chi connectivity index (χ0n) is 41.9. The molecule has 7 amide bonds. The van der Waals surface area contributed by atoms with Gasteiger partial charge in [-0.1, -0.05) is 25.7 Å². The number of benzene rings is 2. The summed E-state index contributed by atoms with van der Waals surface area (Å²) in [6.45, 7) is 2.82. The van der Waals surface area contributed by atoms with E-state index < -0.39 is 34.7 Å². The van der Waals surface area contributed by atoms with E-state index in [1.807, 2.05) is 0 Å². The molecule has 1 aliphatic carbocycles. The molecule has 22 nitrogen and oxygen atoms in total. The second-order valence-corrected chi connectivity index (χ2v) is 20.8. The summed E-state index contributed by atoms with van der Waals surface area (Å²) in [7, 11) is 0. The SMILES string of the molecule is O=C(COc1ccc(N2CCC(=O)NC2=O)cc1)NCCCCCCCCOc1cnc(C2CCN(c3nc4c(c(NC5(COC(=O)COc6ccc(N7CCC(=O)NC7=O)cc6)CCC5)n3)[S@+]([O-])CC4)CC2)nc1. The fraction of sp³-hybridized carbons (Fsp3) is 0.500. The molecule has 2 aromatic carbocycles. The average molecular weight is 1050 g/mol. The number of ether oxygens (including phenoxy) is 4. The van der Waals surface area contributed by atoms with Gasteiger partial charge in [0.25, 0.3) is 5.91 Å². The van der Waals surface area contributed by atoms with Gasteiger partial charge in [0.15, 0.2) is 24.8 Å². The van der Waals surface area contributed by atoms with Crippen molar-refractivity contribution in [2.24, 2.45) is 0 Å². The number of amides is 7. The molecule has 0 bridgehead atoms. The van der Waals surface area contributed by atoms with Crippen LogP contribution < -0.4 is 50.2 Å². The van der Waals surface area contributed by atoms with Crippen molar-refractivity contribution in [1.82, 2.24) is 35.9 Å². The van der Waals surface area contributed by atoms with Gasteiger partial charge in [-0.25, -0.2) is 29.3 Å². The minimum absolute atomic E-state index is 0.0917. The van der Waals surface area contributed by atoms with Crippen LogP contribution in [0.2, 0.25) is 0 Å². The highest BCUT2D eigenvalue weighted by atomic mass is 32.2. The average Bonchev–Trinajstić information content (AvgIpc) is 3.79. The molecule has 398 valence electrons. The molecule has 23 heteroatoms. The molecule has 4 aromatic rings. The fourth-order valence-electron chi connectivity index (χ4n) is 9.54. The molecular weight excluding hydrogens is 987 g/mol. The van der Waals surface area contributed by atoms with E-state index in [-0.39, 0.29) is 62.8 Å². The smallest absolute Gasteiger partial charge is 0.344 e. The number of aromatic nitrogens is 4. The second-order valence-electron chi connectivity index (χ2n) is 19.3. The summed E-state index contributed by atoms with van der Waals surface area (Å²) < 4.78 is 36.2. The van der Waals surface area contributed by atoms with Gasteiger partial charge in [-0.15, -0.1) is 0 Å². The van der Waals surface area contributed by atoms with E-state index in [4.69, 9.17) is 28.9 Å². The number of carbonyl (C=O) groups excluding carboxylic acids is 6. The van der Waals surface area contributed by atoms with Crippen molar-refractivity contribution in [1.29, 1.82) is 0 Å². The lowest BCUT2D eigenvalue weighted by Gasteiger charge is -2.42. The number of urea groups is 2. The summed E-state index contributed by atoms with van der Waals surface area (Å²) in [5.74, 6) is 2.79. The molecule has 1 atom stereocenters. The lowest BCUT2D eigenvalue weighted by molar-refractivity contribution is -0.148. The molecule has 0 spiro atoms. The predicted molar refractivity (Wildman–Crippen MR) is 275 cm³/mol. The fourth-order valence-corrected chi connectivity index (χ4v) is 10.8. The summed E-state index contributed by atoms with van der Waals surface area (Å²) in [6, 6.07) is 12.6. The van der Waals surface area contributed by atoms with E-state index in [1.165, 1.54) is 9.80 Å². The summed E-state index contributed by atoms with van der Waals surface area (Å²) in [6.07, 6.45) is 14.5. The molecule has 6 heterocycles. The van der Waals surface area contributed by atoms with E-state index in [2.05, 4.69) is 36.1 Å². The number of fused-ring (bicyclic) bond motifs is 1. The van der Waals surface area contributed by atoms with Gasteiger partial charge >= 0.3 is 18.0 Å². The second kappa shape index (κ2) is 24.8. The number of nitrogens with zero attached hydrogens (tertiary/aromatic N) is 7. The van der Waals surface area contributed by atoms with Crippen LogP contribution >= 0.6 is 0 Å². The van der Waals surface area contributed by atoms with Gasteiger partial charge < -0.3 is 39.0 Å². The van der Waals surface area contributed by atoms with Gasteiger partial charge in [0.2, 0.25) is 22.7 Å². The number of imide groups is 2. The number of rotatable bonds is 24. The van der Waals surface area contributed by atoms with Crippen LogP contribution in [-0.2, 0) is 41.5 Å². The van der Waals surface area contributed by atoms with Crippen molar-refractivity contribution in [3.8, 4) is 17.2 Å². The van der Waals surface area contributed by atoms with Crippen molar-refractivity contribution < 1.29 is 52.3 Å². The van der Waals surface area contributed by atoms with E-state index in [0.717, 1.165) is 82.1 Å². The van der Waals surface area contributed by atoms with Gasteiger partial charge in [-0.3, -0.25) is 34.8 Å². The molecule has 9 rings (SSSR count). The summed E-state index contributed by atoms with van der Waals surface area (Å²) in [5.41, 5.74) is 1.46. The van der Waals surface area contributed by atoms with Crippen LogP contribution in [0.4, 0.5) is 32.7 Å². The van der Waals surface area contributed by atoms with Crippen molar-refractivity contribution in [2.75, 3.05) is 84.9 Å². The Morgan fingerprint density at radius 2 is 1.32 bits per heavy atom. The predicted octanol–water partition coefficient (Wildman–Crippen LogP) is 5.08. The van der Waals surface area contributed by atoms with E-state index in [9.17, 15) is 33.3 Å². The number of piperidine rings is 1. The Kier molecular flexibility index (Phi) is 17.4. The molecular formula is C52H63N11O11S. The lowest BCUT2D eigenvalue weighted by atomic mass is 9.77. The van der Waals surface area contributed by atoms with Crippen molar-refractivity contribution in [2.45, 2.75) is 106 Å². The van der Waals surface area contributed by atoms with Crippen LogP contribution in [-0.4, -0.2) is 131 Å². The van der Waals surface area contributed by atoms with Crippen LogP contribution in [0, 0.1) is 0 Å². The van der Waals surface area contributed by atoms with Crippen LogP contribution in [0.15, 0.2) is 65.8 Å². The minimum Gasteiger partial charge on any atom is -0.611 e. The number of carbonyl (C=O) groups is 6. The molecule has 3 saturated heterocycles. The van der Waals surface area contributed by atoms with Crippen molar-refractivity contribution in [3.05, 3.63) is 72.4 Å². The quantitative estimate of drug-likeness (QED) is 0.0405. The Morgan fingerprint density at radius 1 is 0.720 bits per heavy atom. The van der Waals surface area contributed by atoms with Crippen LogP contribution in [0.25, 0.3) is 0 Å². The Bertz CT molecular complexity index is 2670. The normalized spacial score (nSPS) is 18.4. The first-order valence-corrected chi connectivity index (χ1v) is 27.2. The maximum Gasteiger partial charge on any atom is 0.344 e. The van der Waals surface area contributed by atoms with Crippen LogP contribution in [0.1, 0.15) is 101 Å². The Balaban J connectivity index is 0.642. The number of esters is 1. The zero-order chi connectivity index (χ0) is 52.2. The highest BCUT2D eigenvalue weighted by Gasteiger charge is 2.43. The molecule has 4 N–H and O–H groups in total. The molecule has 4 fully saturated rings. The molecule has 5 aliphatic rings. The first-order chi connectivity index (χ1) is 36.5. The van der Waals surface area contributed by atoms with E-state index in [0.29, 0.717) is 90.2 Å². The Labute approximate surface area is 437 Å². The van der Waals surface area contributed by atoms with Gasteiger partial charge in [0, 0.05) is 69.3 Å². The molecule has 4 aliphatic heterocycles. The van der Waals surface area contributed by atoms with Gasteiger partial charge in [0.1, 0.15) is 35.4 Å². The molecule has 2 aromatic heterocycles. The van der Waals surface area contributed by atoms with Crippen molar-refractivity contribution >= 4 is 70.1 Å². The van der Waals surface area contributed by atoms with Gasteiger partial charge in [0.05, 0.1) is 24.5 Å². The summed E-state index contributed by atoms with van der Waals surface area (Å²) in [4.78, 5) is 97.3. The van der Waals surface area contributed by atoms with Crippen LogP contribution in [0.5, 0.6) is 17.2 Å². The van der Waals surface area contributed by atoms with Gasteiger partial charge in [-0.2, -0.15) is 4.98 Å². The summed E-state index contributed by atoms with van der Waals surface area (Å²) >= 11 is -1.25. The van der Waals surface area contributed by atoms with E-state index in [1.54, 1.807) is 60.9 Å². The van der Waals surface area contributed by atoms with E-state index >= 15 is 0 Å². The monoisotopic (exact) mass is 1050 g/mol. The molecule has 75 heavy (non-hydrogen) atoms. The molecule has 0 radical (unpaired) electrons. The lowest BCUT2D eigenvalue weighted by Crippen LogP contribution is -2.50. The molecule has 1 saturated carbocycles. The topological polar surface area (TPSA) is 272 Å². The van der Waals surface area contributed by atoms with Crippen molar-refractivity contribution in [3.63, 3.8) is 0 Å². The number of nitrogens with one attached hydrogen (secondary N) is 4. The number of unbranched alkanes of at least 4 members (excludes halogenated alkanes) is 5. The zero-order valence-corrected chi connectivity index (χ0v) is 42.7. The maximum atomic E-state index is 13.2. The summed E-state index contributed by atoms with van der Waals surface area (Å²) in [5, 5.41) is 11.1. The highest BCUT2D eigenvalue weighted by molar-refractivity contribution is 7.91. The largest absolute Gasteiger partial charge is 0.611 e. The third kappa shape index (κ3) is 13.9. The maximum absolute atomic E-state index is 13.2.